The number of anilines is 1. The van der Waals surface area contributed by atoms with Gasteiger partial charge in [-0.2, -0.15) is 0 Å². The van der Waals surface area contributed by atoms with Crippen molar-refractivity contribution in [3.63, 3.8) is 0 Å². The summed E-state index contributed by atoms with van der Waals surface area (Å²) >= 11 is 0. The lowest BCUT2D eigenvalue weighted by atomic mass is 9.60. The van der Waals surface area contributed by atoms with Gasteiger partial charge in [-0.05, 0) is 69.4 Å². The van der Waals surface area contributed by atoms with Crippen molar-refractivity contribution in [1.29, 1.82) is 0 Å². The Labute approximate surface area is 209 Å². The fourth-order valence-electron chi connectivity index (χ4n) is 6.96. The van der Waals surface area contributed by atoms with E-state index < -0.39 is 58.4 Å². The standard InChI is InChI=1S/C26H32N4O6/c1-28-14-5-6-30(4)20-11(14)9-15(31)17-12(20)7-10-8-13-18(23(33)16(10)22(17)32)24(34)19(26(27)36)25(35)21(13)29(2)3/h9-10,13-14,18,21,28,31,33,35H,5-8H2,1-4H3,(H2,27,36)/t10-,13+,14?,18+,21+/m0/s1. The number of rotatable bonds is 3. The molecule has 5 rings (SSSR count). The minimum atomic E-state index is -1.18. The highest BCUT2D eigenvalue weighted by Crippen LogP contribution is 2.53. The molecule has 0 radical (unpaired) electrons. The van der Waals surface area contributed by atoms with Crippen LogP contribution in [0.5, 0.6) is 5.75 Å². The maximum absolute atomic E-state index is 13.8. The van der Waals surface area contributed by atoms with E-state index in [-0.39, 0.29) is 22.9 Å². The number of aliphatic hydroxyl groups is 2. The summed E-state index contributed by atoms with van der Waals surface area (Å²) in [5.74, 6) is -5.46. The first-order valence-corrected chi connectivity index (χ1v) is 12.2. The first-order valence-electron chi connectivity index (χ1n) is 12.2. The first-order chi connectivity index (χ1) is 17.0. The van der Waals surface area contributed by atoms with Crippen LogP contribution < -0.4 is 16.0 Å². The van der Waals surface area contributed by atoms with E-state index in [0.29, 0.717) is 12.8 Å². The maximum Gasteiger partial charge on any atom is 0.255 e. The van der Waals surface area contributed by atoms with E-state index in [2.05, 4.69) is 10.2 Å². The average molecular weight is 497 g/mol. The Morgan fingerprint density at radius 3 is 2.50 bits per heavy atom. The third kappa shape index (κ3) is 3.20. The van der Waals surface area contributed by atoms with Crippen LogP contribution in [0, 0.1) is 17.8 Å². The van der Waals surface area contributed by atoms with E-state index in [1.54, 1.807) is 25.1 Å². The summed E-state index contributed by atoms with van der Waals surface area (Å²) in [5, 5.41) is 36.5. The number of aliphatic hydroxyl groups excluding tert-OH is 2. The summed E-state index contributed by atoms with van der Waals surface area (Å²) in [7, 11) is 7.25. The zero-order valence-corrected chi connectivity index (χ0v) is 20.8. The number of nitrogens with zero attached hydrogens (tertiary/aromatic N) is 2. The summed E-state index contributed by atoms with van der Waals surface area (Å²) in [6.45, 7) is 0.777. The van der Waals surface area contributed by atoms with Gasteiger partial charge in [0.1, 0.15) is 22.8 Å². The Hall–Kier alpha value is -3.37. The number of carbonyl (C=O) groups excluding carboxylic acids is 3. The Bertz CT molecular complexity index is 1270. The molecular formula is C26H32N4O6. The van der Waals surface area contributed by atoms with E-state index in [1.807, 2.05) is 14.1 Å². The number of fused-ring (bicyclic) bond motifs is 5. The van der Waals surface area contributed by atoms with Crippen molar-refractivity contribution in [1.82, 2.24) is 10.2 Å². The lowest BCUT2D eigenvalue weighted by Gasteiger charge is -2.46. The summed E-state index contributed by atoms with van der Waals surface area (Å²) in [6, 6.07) is 0.920. The smallest absolute Gasteiger partial charge is 0.255 e. The monoisotopic (exact) mass is 496 g/mol. The number of likely N-dealkylation sites (N-methyl/N-ethyl adjacent to an activating group) is 1. The summed E-state index contributed by atoms with van der Waals surface area (Å²) in [4.78, 5) is 42.9. The summed E-state index contributed by atoms with van der Waals surface area (Å²) < 4.78 is 0. The van der Waals surface area contributed by atoms with Crippen molar-refractivity contribution in [2.75, 3.05) is 39.6 Å². The number of benzene rings is 1. The number of nitrogens with one attached hydrogen (secondary N) is 1. The molecule has 6 N–H and O–H groups in total. The van der Waals surface area contributed by atoms with Crippen LogP contribution in [-0.4, -0.2) is 78.5 Å². The van der Waals surface area contributed by atoms with Crippen LogP contribution in [0.4, 0.5) is 5.69 Å². The van der Waals surface area contributed by atoms with Crippen molar-refractivity contribution >= 4 is 23.2 Å². The number of nitrogens with two attached hydrogens (primary N) is 1. The molecule has 3 aliphatic carbocycles. The molecule has 192 valence electrons. The van der Waals surface area contributed by atoms with Gasteiger partial charge in [-0.1, -0.05) is 0 Å². The van der Waals surface area contributed by atoms with Gasteiger partial charge in [-0.15, -0.1) is 0 Å². The number of Topliss-reactive ketones (excluding diaryl/α,β-unsaturated/α-hetero) is 2. The van der Waals surface area contributed by atoms with Gasteiger partial charge in [0.05, 0.1) is 17.5 Å². The molecule has 0 saturated carbocycles. The van der Waals surface area contributed by atoms with E-state index in [1.165, 1.54) is 0 Å². The summed E-state index contributed by atoms with van der Waals surface area (Å²) in [5.41, 5.74) is 7.68. The number of ketones is 2. The van der Waals surface area contributed by atoms with Crippen LogP contribution in [0.15, 0.2) is 28.7 Å². The van der Waals surface area contributed by atoms with Gasteiger partial charge in [-0.25, -0.2) is 0 Å². The molecular weight excluding hydrogens is 464 g/mol. The van der Waals surface area contributed by atoms with Crippen molar-refractivity contribution in [3.8, 4) is 5.75 Å². The number of aromatic hydroxyl groups is 1. The van der Waals surface area contributed by atoms with Crippen molar-refractivity contribution in [3.05, 3.63) is 45.4 Å². The maximum atomic E-state index is 13.8. The van der Waals surface area contributed by atoms with Crippen LogP contribution in [-0.2, 0) is 16.0 Å². The predicted octanol–water partition coefficient (Wildman–Crippen LogP) is 1.11. The minimum absolute atomic E-state index is 0.0342. The number of phenols is 1. The lowest BCUT2D eigenvalue weighted by Crippen LogP contribution is -2.53. The first kappa shape index (κ1) is 24.3. The van der Waals surface area contributed by atoms with Crippen molar-refractivity contribution in [2.45, 2.75) is 31.3 Å². The molecule has 10 nitrogen and oxygen atoms in total. The molecule has 10 heteroatoms. The van der Waals surface area contributed by atoms with Crippen LogP contribution in [0.1, 0.15) is 40.4 Å². The van der Waals surface area contributed by atoms with Crippen molar-refractivity contribution in [2.24, 2.45) is 23.5 Å². The third-order valence-corrected chi connectivity index (χ3v) is 8.43. The number of hydrogen-bond acceptors (Lipinski definition) is 9. The van der Waals surface area contributed by atoms with Gasteiger partial charge in [0.25, 0.3) is 5.91 Å². The predicted molar refractivity (Wildman–Crippen MR) is 132 cm³/mol. The van der Waals surface area contributed by atoms with Gasteiger partial charge < -0.3 is 31.3 Å². The number of primary amides is 1. The molecule has 1 aromatic carbocycles. The van der Waals surface area contributed by atoms with Gasteiger partial charge in [0, 0.05) is 30.9 Å². The fourth-order valence-corrected chi connectivity index (χ4v) is 6.96. The van der Waals surface area contributed by atoms with Crippen LogP contribution in [0.3, 0.4) is 0 Å². The summed E-state index contributed by atoms with van der Waals surface area (Å²) in [6.07, 6.45) is 1.58. The zero-order valence-electron chi connectivity index (χ0n) is 20.8. The Balaban J connectivity index is 1.69. The topological polar surface area (TPSA) is 156 Å². The highest BCUT2D eigenvalue weighted by Gasteiger charge is 2.54. The van der Waals surface area contributed by atoms with Gasteiger partial charge in [-0.3, -0.25) is 19.3 Å². The molecule has 36 heavy (non-hydrogen) atoms. The highest BCUT2D eigenvalue weighted by molar-refractivity contribution is 6.22. The molecule has 1 amide bonds. The highest BCUT2D eigenvalue weighted by atomic mass is 16.3. The molecule has 4 aliphatic rings. The second-order valence-corrected chi connectivity index (χ2v) is 10.5. The molecule has 1 aromatic rings. The van der Waals surface area contributed by atoms with Gasteiger partial charge >= 0.3 is 0 Å². The second kappa shape index (κ2) is 8.35. The van der Waals surface area contributed by atoms with Gasteiger partial charge in [0.15, 0.2) is 11.6 Å². The van der Waals surface area contributed by atoms with Crippen LogP contribution >= 0.6 is 0 Å². The molecule has 1 unspecified atom stereocenters. The van der Waals surface area contributed by atoms with E-state index >= 15 is 0 Å². The minimum Gasteiger partial charge on any atom is -0.511 e. The second-order valence-electron chi connectivity index (χ2n) is 10.5. The third-order valence-electron chi connectivity index (χ3n) is 8.43. The van der Waals surface area contributed by atoms with E-state index in [0.717, 1.165) is 29.8 Å². The molecule has 5 atom stereocenters. The molecule has 0 saturated heterocycles. The molecule has 0 aromatic heterocycles. The van der Waals surface area contributed by atoms with E-state index in [9.17, 15) is 29.7 Å². The number of hydrogen-bond donors (Lipinski definition) is 5. The Kier molecular flexibility index (Phi) is 5.64. The quantitative estimate of drug-likeness (QED) is 0.387. The number of amides is 1. The zero-order chi connectivity index (χ0) is 26.2. The normalized spacial score (nSPS) is 29.7. The average Bonchev–Trinajstić information content (AvgIpc) is 2.78. The number of allylic oxidation sites excluding steroid dienone is 2. The lowest BCUT2D eigenvalue weighted by molar-refractivity contribution is -0.127. The fraction of sp³-hybridized carbons (Fsp3) is 0.500. The largest absolute Gasteiger partial charge is 0.511 e. The SMILES string of the molecule is CNC1CCN(C)c2c1cc(O)c1c2C[C@H]2C[C@@H]3[C@@H](C(=O)C(C(N)=O)=C(O)[C@@H]3N(C)C)C(O)=C2C1=O. The molecule has 0 spiro atoms. The molecule has 0 fully saturated rings. The van der Waals surface area contributed by atoms with E-state index in [4.69, 9.17) is 5.73 Å². The Morgan fingerprint density at radius 2 is 1.89 bits per heavy atom. The number of phenolic OH excluding ortho intramolecular Hbond substituents is 1. The number of carbonyl (C=O) groups is 3. The Morgan fingerprint density at radius 1 is 1.19 bits per heavy atom. The van der Waals surface area contributed by atoms with Crippen molar-refractivity contribution < 1.29 is 29.7 Å². The molecule has 1 aliphatic heterocycles. The molecule has 1 heterocycles. The van der Waals surface area contributed by atoms with Crippen LogP contribution in [0.2, 0.25) is 0 Å². The molecule has 0 bridgehead atoms. The van der Waals surface area contributed by atoms with Crippen LogP contribution in [0.25, 0.3) is 0 Å². The van der Waals surface area contributed by atoms with Gasteiger partial charge in [0.2, 0.25) is 0 Å².